The van der Waals surface area contributed by atoms with Crippen molar-refractivity contribution in [3.05, 3.63) is 88.9 Å². The number of sulfonamides is 1. The van der Waals surface area contributed by atoms with Crippen molar-refractivity contribution >= 4 is 45.0 Å². The molecule has 0 atom stereocenters. The third kappa shape index (κ3) is 7.65. The molecule has 1 amide bonds. The largest absolute Gasteiger partial charge is 0.497 e. The van der Waals surface area contributed by atoms with Crippen LogP contribution in [0.2, 0.25) is 5.02 Å². The molecule has 0 saturated heterocycles. The molecule has 0 aromatic heterocycles. The SMILES string of the molecule is COc1cccc(N(CC(=O)NCCCSCc2ccccc2Cl)S(=O)(=O)c2ccc(C)cc2)c1. The van der Waals surface area contributed by atoms with Crippen molar-refractivity contribution in [2.75, 3.05) is 30.3 Å². The molecule has 3 rings (SSSR count). The number of nitrogens with zero attached hydrogens (tertiary/aromatic N) is 1. The summed E-state index contributed by atoms with van der Waals surface area (Å²) in [4.78, 5) is 12.9. The van der Waals surface area contributed by atoms with Gasteiger partial charge in [-0.15, -0.1) is 0 Å². The number of nitrogens with one attached hydrogen (secondary N) is 1. The van der Waals surface area contributed by atoms with Crippen LogP contribution in [-0.4, -0.2) is 40.3 Å². The number of hydrogen-bond donors (Lipinski definition) is 1. The van der Waals surface area contributed by atoms with E-state index in [-0.39, 0.29) is 17.3 Å². The Morgan fingerprint density at radius 3 is 2.51 bits per heavy atom. The molecule has 0 radical (unpaired) electrons. The van der Waals surface area contributed by atoms with Crippen molar-refractivity contribution in [2.24, 2.45) is 0 Å². The molecule has 3 aromatic carbocycles. The van der Waals surface area contributed by atoms with E-state index in [4.69, 9.17) is 16.3 Å². The standard InChI is InChI=1S/C26H29ClN2O4S2/c1-20-11-13-24(14-12-20)35(31,32)29(22-8-5-9-23(17-22)33-2)18-26(30)28-15-6-16-34-19-21-7-3-4-10-25(21)27/h3-5,7-14,17H,6,15-16,18-19H2,1-2H3,(H,28,30). The van der Waals surface area contributed by atoms with Crippen LogP contribution in [0.5, 0.6) is 5.75 Å². The number of anilines is 1. The number of halogens is 1. The first-order chi connectivity index (χ1) is 16.8. The minimum absolute atomic E-state index is 0.120. The maximum atomic E-state index is 13.4. The fraction of sp³-hybridized carbons (Fsp3) is 0.269. The third-order valence-electron chi connectivity index (χ3n) is 5.24. The van der Waals surface area contributed by atoms with E-state index in [2.05, 4.69) is 5.32 Å². The van der Waals surface area contributed by atoms with Crippen LogP contribution in [0, 0.1) is 6.92 Å². The molecule has 6 nitrogen and oxygen atoms in total. The number of thioether (sulfide) groups is 1. The van der Waals surface area contributed by atoms with Crippen LogP contribution in [0.4, 0.5) is 5.69 Å². The molecule has 0 spiro atoms. The minimum Gasteiger partial charge on any atom is -0.497 e. The Morgan fingerprint density at radius 1 is 1.06 bits per heavy atom. The topological polar surface area (TPSA) is 75.7 Å². The van der Waals surface area contributed by atoms with Crippen LogP contribution < -0.4 is 14.4 Å². The van der Waals surface area contributed by atoms with Crippen LogP contribution in [0.3, 0.4) is 0 Å². The predicted molar refractivity (Wildman–Crippen MR) is 144 cm³/mol. The predicted octanol–water partition coefficient (Wildman–Crippen LogP) is 5.29. The van der Waals surface area contributed by atoms with E-state index in [9.17, 15) is 13.2 Å². The zero-order chi connectivity index (χ0) is 25.3. The number of benzene rings is 3. The molecule has 0 heterocycles. The molecular weight excluding hydrogens is 504 g/mol. The lowest BCUT2D eigenvalue weighted by Crippen LogP contribution is -2.41. The second-order valence-corrected chi connectivity index (χ2v) is 11.2. The molecule has 0 bridgehead atoms. The Balaban J connectivity index is 1.62. The van der Waals surface area contributed by atoms with Crippen LogP contribution >= 0.6 is 23.4 Å². The number of ether oxygens (including phenoxy) is 1. The van der Waals surface area contributed by atoms with Gasteiger partial charge in [0.15, 0.2) is 0 Å². The Morgan fingerprint density at radius 2 is 1.80 bits per heavy atom. The summed E-state index contributed by atoms with van der Waals surface area (Å²) in [5, 5.41) is 3.59. The number of amides is 1. The number of hydrogen-bond acceptors (Lipinski definition) is 5. The first-order valence-corrected chi connectivity index (χ1v) is 14.1. The van der Waals surface area contributed by atoms with Gasteiger partial charge in [-0.2, -0.15) is 11.8 Å². The van der Waals surface area contributed by atoms with E-state index in [0.717, 1.165) is 38.4 Å². The summed E-state index contributed by atoms with van der Waals surface area (Å²) in [6, 6.07) is 21.0. The Bertz CT molecular complexity index is 1230. The summed E-state index contributed by atoms with van der Waals surface area (Å²) >= 11 is 7.91. The number of carbonyl (C=O) groups is 1. The fourth-order valence-electron chi connectivity index (χ4n) is 3.30. The van der Waals surface area contributed by atoms with Crippen LogP contribution in [0.25, 0.3) is 0 Å². The highest BCUT2D eigenvalue weighted by Gasteiger charge is 2.27. The maximum Gasteiger partial charge on any atom is 0.264 e. The average Bonchev–Trinajstić information content (AvgIpc) is 2.86. The Kier molecular flexibility index (Phi) is 9.89. The van der Waals surface area contributed by atoms with Gasteiger partial charge >= 0.3 is 0 Å². The van der Waals surface area contributed by atoms with Crippen molar-refractivity contribution in [3.8, 4) is 5.75 Å². The number of aryl methyl sites for hydroxylation is 1. The first kappa shape index (κ1) is 26.9. The van der Waals surface area contributed by atoms with Crippen molar-refractivity contribution in [1.29, 1.82) is 0 Å². The molecule has 3 aromatic rings. The van der Waals surface area contributed by atoms with Crippen LogP contribution in [0.15, 0.2) is 77.7 Å². The summed E-state index contributed by atoms with van der Waals surface area (Å²) in [5.74, 6) is 1.76. The van der Waals surface area contributed by atoms with Gasteiger partial charge in [0, 0.05) is 23.4 Å². The summed E-state index contributed by atoms with van der Waals surface area (Å²) in [5.41, 5.74) is 2.39. The highest BCUT2D eigenvalue weighted by molar-refractivity contribution is 7.98. The molecule has 1 N–H and O–H groups in total. The molecule has 9 heteroatoms. The van der Waals surface area contributed by atoms with Crippen molar-refractivity contribution in [2.45, 2.75) is 24.0 Å². The van der Waals surface area contributed by atoms with Gasteiger partial charge in [-0.1, -0.05) is 53.6 Å². The smallest absolute Gasteiger partial charge is 0.264 e. The van der Waals surface area contributed by atoms with E-state index < -0.39 is 10.0 Å². The molecule has 0 aliphatic heterocycles. The average molecular weight is 533 g/mol. The molecule has 186 valence electrons. The summed E-state index contributed by atoms with van der Waals surface area (Å²) in [6.07, 6.45) is 0.755. The zero-order valence-corrected chi connectivity index (χ0v) is 22.1. The summed E-state index contributed by atoms with van der Waals surface area (Å²) < 4.78 is 33.3. The van der Waals surface area contributed by atoms with Crippen molar-refractivity contribution in [3.63, 3.8) is 0 Å². The normalized spacial score (nSPS) is 11.2. The summed E-state index contributed by atoms with van der Waals surface area (Å²) in [7, 11) is -2.46. The minimum atomic E-state index is -3.96. The molecular formula is C26H29ClN2O4S2. The van der Waals surface area contributed by atoms with E-state index in [0.29, 0.717) is 18.0 Å². The van der Waals surface area contributed by atoms with E-state index in [1.165, 1.54) is 7.11 Å². The molecule has 0 unspecified atom stereocenters. The van der Waals surface area contributed by atoms with E-state index in [1.807, 2.05) is 31.2 Å². The number of carbonyl (C=O) groups excluding carboxylic acids is 1. The van der Waals surface area contributed by atoms with Crippen molar-refractivity contribution in [1.82, 2.24) is 5.32 Å². The molecule has 35 heavy (non-hydrogen) atoms. The molecule has 0 aliphatic carbocycles. The lowest BCUT2D eigenvalue weighted by atomic mass is 10.2. The monoisotopic (exact) mass is 532 g/mol. The molecule has 0 saturated carbocycles. The second kappa shape index (κ2) is 12.9. The number of methoxy groups -OCH3 is 1. The van der Waals surface area contributed by atoms with E-state index in [1.54, 1.807) is 60.3 Å². The lowest BCUT2D eigenvalue weighted by Gasteiger charge is -2.24. The Hall–Kier alpha value is -2.68. The van der Waals surface area contributed by atoms with Gasteiger partial charge in [-0.25, -0.2) is 8.42 Å². The molecule has 0 fully saturated rings. The van der Waals surface area contributed by atoms with Gasteiger partial charge in [0.25, 0.3) is 10.0 Å². The molecule has 0 aliphatic rings. The Labute approximate surface area is 216 Å². The highest BCUT2D eigenvalue weighted by Crippen LogP contribution is 2.27. The first-order valence-electron chi connectivity index (χ1n) is 11.1. The van der Waals surface area contributed by atoms with Crippen LogP contribution in [0.1, 0.15) is 17.5 Å². The van der Waals surface area contributed by atoms with Gasteiger partial charge in [0.05, 0.1) is 17.7 Å². The van der Waals surface area contributed by atoms with Gasteiger partial charge in [0.2, 0.25) is 5.91 Å². The van der Waals surface area contributed by atoms with Gasteiger partial charge in [-0.05, 0) is 55.0 Å². The van der Waals surface area contributed by atoms with E-state index >= 15 is 0 Å². The van der Waals surface area contributed by atoms with Gasteiger partial charge < -0.3 is 10.1 Å². The van der Waals surface area contributed by atoms with Crippen molar-refractivity contribution < 1.29 is 17.9 Å². The second-order valence-electron chi connectivity index (χ2n) is 7.87. The van der Waals surface area contributed by atoms with Gasteiger partial charge in [-0.3, -0.25) is 9.10 Å². The lowest BCUT2D eigenvalue weighted by molar-refractivity contribution is -0.119. The summed E-state index contributed by atoms with van der Waals surface area (Å²) in [6.45, 7) is 2.00. The fourth-order valence-corrected chi connectivity index (χ4v) is 5.96. The van der Waals surface area contributed by atoms with Gasteiger partial charge in [0.1, 0.15) is 12.3 Å². The number of rotatable bonds is 12. The highest BCUT2D eigenvalue weighted by atomic mass is 35.5. The quantitative estimate of drug-likeness (QED) is 0.321. The zero-order valence-electron chi connectivity index (χ0n) is 19.7. The maximum absolute atomic E-state index is 13.4. The third-order valence-corrected chi connectivity index (χ3v) is 8.49. The van der Waals surface area contributed by atoms with Crippen LogP contribution in [-0.2, 0) is 20.6 Å².